The van der Waals surface area contributed by atoms with Crippen molar-refractivity contribution in [3.8, 4) is 0 Å². The molecule has 0 saturated carbocycles. The first-order valence-corrected chi connectivity index (χ1v) is 10.0. The molecule has 29 heavy (non-hydrogen) atoms. The molecule has 0 aliphatic heterocycles. The maximum Gasteiger partial charge on any atom is 0.265 e. The SMILES string of the molecule is Cc1nn(Cc2ccccc2Cl)c2sc(C(=O)Nc3ccc(C(N)=O)cc3)cc12. The average Bonchev–Trinajstić information content (AvgIpc) is 3.26. The lowest BCUT2D eigenvalue weighted by Crippen LogP contribution is -2.12. The van der Waals surface area contributed by atoms with Crippen molar-refractivity contribution in [2.24, 2.45) is 5.73 Å². The molecule has 0 unspecified atom stereocenters. The molecule has 0 bridgehead atoms. The zero-order valence-corrected chi connectivity index (χ0v) is 17.1. The quantitative estimate of drug-likeness (QED) is 0.495. The van der Waals surface area contributed by atoms with E-state index in [4.69, 9.17) is 17.3 Å². The van der Waals surface area contributed by atoms with Crippen molar-refractivity contribution in [3.63, 3.8) is 0 Å². The number of hydrogen-bond acceptors (Lipinski definition) is 4. The molecule has 2 aromatic carbocycles. The molecule has 4 rings (SSSR count). The van der Waals surface area contributed by atoms with Gasteiger partial charge in [0.2, 0.25) is 5.91 Å². The molecular formula is C21H17ClN4O2S. The van der Waals surface area contributed by atoms with Crippen molar-refractivity contribution < 1.29 is 9.59 Å². The number of nitrogens with zero attached hydrogens (tertiary/aromatic N) is 2. The zero-order valence-electron chi connectivity index (χ0n) is 15.5. The highest BCUT2D eigenvalue weighted by Crippen LogP contribution is 2.30. The van der Waals surface area contributed by atoms with Crippen LogP contribution in [0.2, 0.25) is 5.02 Å². The number of thiophene rings is 1. The van der Waals surface area contributed by atoms with Gasteiger partial charge in [0.1, 0.15) is 4.83 Å². The van der Waals surface area contributed by atoms with E-state index in [0.29, 0.717) is 27.7 Å². The molecule has 0 fully saturated rings. The van der Waals surface area contributed by atoms with Crippen molar-refractivity contribution in [1.29, 1.82) is 0 Å². The standard InChI is InChI=1S/C21H17ClN4O2S/c1-12-16-10-18(20(28)24-15-8-6-13(7-9-15)19(23)27)29-21(16)26(25-12)11-14-4-2-3-5-17(14)22/h2-10H,11H2,1H3,(H2,23,27)(H,24,28). The number of fused-ring (bicyclic) bond motifs is 1. The minimum absolute atomic E-state index is 0.221. The summed E-state index contributed by atoms with van der Waals surface area (Å²) in [6.45, 7) is 2.45. The van der Waals surface area contributed by atoms with E-state index in [0.717, 1.165) is 21.5 Å². The Morgan fingerprint density at radius 2 is 1.90 bits per heavy atom. The maximum atomic E-state index is 12.7. The Balaban J connectivity index is 1.59. The lowest BCUT2D eigenvalue weighted by atomic mass is 10.2. The summed E-state index contributed by atoms with van der Waals surface area (Å²) in [6.07, 6.45) is 0. The highest BCUT2D eigenvalue weighted by molar-refractivity contribution is 7.20. The summed E-state index contributed by atoms with van der Waals surface area (Å²) in [5, 5.41) is 9.06. The molecular weight excluding hydrogens is 408 g/mol. The van der Waals surface area contributed by atoms with E-state index in [1.54, 1.807) is 24.3 Å². The number of hydrogen-bond donors (Lipinski definition) is 2. The Morgan fingerprint density at radius 3 is 2.59 bits per heavy atom. The second-order valence-corrected chi connectivity index (χ2v) is 8.00. The molecule has 3 N–H and O–H groups in total. The average molecular weight is 425 g/mol. The van der Waals surface area contributed by atoms with Crippen LogP contribution in [0.4, 0.5) is 5.69 Å². The van der Waals surface area contributed by atoms with Gasteiger partial charge in [0.05, 0.1) is 17.1 Å². The van der Waals surface area contributed by atoms with Crippen molar-refractivity contribution in [2.75, 3.05) is 5.32 Å². The summed E-state index contributed by atoms with van der Waals surface area (Å²) in [5.74, 6) is -0.729. The normalized spacial score (nSPS) is 11.0. The van der Waals surface area contributed by atoms with E-state index in [-0.39, 0.29) is 5.91 Å². The summed E-state index contributed by atoms with van der Waals surface area (Å²) >= 11 is 7.65. The third-order valence-corrected chi connectivity index (χ3v) is 6.05. The highest BCUT2D eigenvalue weighted by Gasteiger charge is 2.17. The summed E-state index contributed by atoms with van der Waals surface area (Å²) in [4.78, 5) is 25.3. The molecule has 0 aliphatic carbocycles. The van der Waals surface area contributed by atoms with Crippen molar-refractivity contribution in [2.45, 2.75) is 13.5 Å². The summed E-state index contributed by atoms with van der Waals surface area (Å²) in [6, 6.07) is 15.9. The summed E-state index contributed by atoms with van der Waals surface area (Å²) in [5.41, 5.74) is 8.04. The van der Waals surface area contributed by atoms with Crippen LogP contribution in [-0.4, -0.2) is 21.6 Å². The van der Waals surface area contributed by atoms with Gasteiger partial charge in [0, 0.05) is 21.7 Å². The number of nitrogens with two attached hydrogens (primary N) is 1. The van der Waals surface area contributed by atoms with Gasteiger partial charge in [-0.05, 0) is 48.9 Å². The monoisotopic (exact) mass is 424 g/mol. The first-order valence-electron chi connectivity index (χ1n) is 8.84. The number of benzene rings is 2. The van der Waals surface area contributed by atoms with Gasteiger partial charge >= 0.3 is 0 Å². The van der Waals surface area contributed by atoms with Gasteiger partial charge in [-0.1, -0.05) is 29.8 Å². The Labute approximate surface area is 175 Å². The number of anilines is 1. The fourth-order valence-electron chi connectivity index (χ4n) is 3.03. The molecule has 0 radical (unpaired) electrons. The molecule has 2 amide bonds. The van der Waals surface area contributed by atoms with Gasteiger partial charge in [0.25, 0.3) is 5.91 Å². The number of amides is 2. The second-order valence-electron chi connectivity index (χ2n) is 6.56. The van der Waals surface area contributed by atoms with E-state index in [1.807, 2.05) is 41.9 Å². The van der Waals surface area contributed by atoms with Gasteiger partial charge < -0.3 is 11.1 Å². The minimum Gasteiger partial charge on any atom is -0.366 e. The van der Waals surface area contributed by atoms with E-state index in [9.17, 15) is 9.59 Å². The molecule has 146 valence electrons. The fourth-order valence-corrected chi connectivity index (χ4v) is 4.28. The third-order valence-electron chi connectivity index (χ3n) is 4.54. The van der Waals surface area contributed by atoms with Gasteiger partial charge in [-0.3, -0.25) is 14.3 Å². The largest absolute Gasteiger partial charge is 0.366 e. The fraction of sp³-hybridized carbons (Fsp3) is 0.0952. The van der Waals surface area contributed by atoms with Crippen LogP contribution in [0.15, 0.2) is 54.6 Å². The third kappa shape index (κ3) is 3.87. The Morgan fingerprint density at radius 1 is 1.17 bits per heavy atom. The van der Waals surface area contributed by atoms with E-state index < -0.39 is 5.91 Å². The van der Waals surface area contributed by atoms with Crippen LogP contribution >= 0.6 is 22.9 Å². The van der Waals surface area contributed by atoms with Crippen LogP contribution in [0, 0.1) is 6.92 Å². The Kier molecular flexibility index (Phi) is 5.08. The number of rotatable bonds is 5. The van der Waals surface area contributed by atoms with Crippen LogP contribution in [0.25, 0.3) is 10.2 Å². The van der Waals surface area contributed by atoms with Crippen molar-refractivity contribution in [3.05, 3.63) is 81.3 Å². The lowest BCUT2D eigenvalue weighted by molar-refractivity contribution is 0.0998. The predicted molar refractivity (Wildman–Crippen MR) is 116 cm³/mol. The molecule has 0 aliphatic rings. The van der Waals surface area contributed by atoms with Gasteiger partial charge in [-0.15, -0.1) is 11.3 Å². The molecule has 0 atom stereocenters. The van der Waals surface area contributed by atoms with Crippen molar-refractivity contribution in [1.82, 2.24) is 9.78 Å². The van der Waals surface area contributed by atoms with Gasteiger partial charge in [-0.25, -0.2) is 0 Å². The van der Waals surface area contributed by atoms with Crippen LogP contribution in [0.5, 0.6) is 0 Å². The number of halogens is 1. The maximum absolute atomic E-state index is 12.7. The summed E-state index contributed by atoms with van der Waals surface area (Å²) < 4.78 is 1.87. The van der Waals surface area contributed by atoms with E-state index in [1.165, 1.54) is 11.3 Å². The van der Waals surface area contributed by atoms with E-state index in [2.05, 4.69) is 10.4 Å². The molecule has 4 aromatic rings. The van der Waals surface area contributed by atoms with Crippen LogP contribution < -0.4 is 11.1 Å². The first-order chi connectivity index (χ1) is 13.9. The van der Waals surface area contributed by atoms with Gasteiger partial charge in [0.15, 0.2) is 0 Å². The predicted octanol–water partition coefficient (Wildman–Crippen LogP) is 4.46. The molecule has 6 nitrogen and oxygen atoms in total. The van der Waals surface area contributed by atoms with Crippen molar-refractivity contribution >= 4 is 50.7 Å². The summed E-state index contributed by atoms with van der Waals surface area (Å²) in [7, 11) is 0. The number of primary amides is 1. The van der Waals surface area contributed by atoms with E-state index >= 15 is 0 Å². The van der Waals surface area contributed by atoms with Gasteiger partial charge in [-0.2, -0.15) is 5.10 Å². The number of carbonyl (C=O) groups excluding carboxylic acids is 2. The van der Waals surface area contributed by atoms with Crippen LogP contribution in [0.3, 0.4) is 0 Å². The molecule has 8 heteroatoms. The second kappa shape index (κ2) is 7.69. The number of carbonyl (C=O) groups is 2. The minimum atomic E-state index is -0.508. The number of aryl methyl sites for hydroxylation is 1. The Hall–Kier alpha value is -3.16. The number of nitrogens with one attached hydrogen (secondary N) is 1. The topological polar surface area (TPSA) is 90.0 Å². The Bertz CT molecular complexity index is 1230. The van der Waals surface area contributed by atoms with Crippen LogP contribution in [-0.2, 0) is 6.54 Å². The number of aromatic nitrogens is 2. The van der Waals surface area contributed by atoms with Crippen LogP contribution in [0.1, 0.15) is 31.3 Å². The molecule has 0 spiro atoms. The molecule has 2 aromatic heterocycles. The highest BCUT2D eigenvalue weighted by atomic mass is 35.5. The molecule has 2 heterocycles. The smallest absolute Gasteiger partial charge is 0.265 e. The first kappa shape index (κ1) is 19.2. The zero-order chi connectivity index (χ0) is 20.5. The molecule has 0 saturated heterocycles. The lowest BCUT2D eigenvalue weighted by Gasteiger charge is -2.05.